The Morgan fingerprint density at radius 1 is 1.39 bits per heavy atom. The first-order chi connectivity index (χ1) is 8.67. The molecule has 2 fully saturated rings. The van der Waals surface area contributed by atoms with Crippen LogP contribution < -0.4 is 5.32 Å². The molecule has 0 amide bonds. The van der Waals surface area contributed by atoms with E-state index in [4.69, 9.17) is 16.3 Å². The van der Waals surface area contributed by atoms with Crippen molar-refractivity contribution in [3.8, 4) is 0 Å². The normalized spacial score (nSPS) is 25.8. The number of hydrogen-bond donors (Lipinski definition) is 1. The molecule has 1 unspecified atom stereocenters. The highest BCUT2D eigenvalue weighted by Gasteiger charge is 2.42. The van der Waals surface area contributed by atoms with E-state index in [9.17, 15) is 0 Å². The molecule has 1 saturated carbocycles. The standard InChI is InChI=1S/C14H17ClINO/c15-10-2-3-13(12(16)8-10)17-11-4-7-18-14(9-11)5-1-6-14/h2-3,8,11,17H,1,4-7,9H2. The minimum atomic E-state index is 0.202. The van der Waals surface area contributed by atoms with Gasteiger partial charge in [0.05, 0.1) is 5.60 Å². The molecule has 3 rings (SSSR count). The molecule has 1 atom stereocenters. The Hall–Kier alpha value is -0.000000000000000111. The van der Waals surface area contributed by atoms with E-state index in [1.807, 2.05) is 12.1 Å². The van der Waals surface area contributed by atoms with Crippen LogP contribution in [0.25, 0.3) is 0 Å². The van der Waals surface area contributed by atoms with Gasteiger partial charge in [0.1, 0.15) is 0 Å². The molecule has 1 heterocycles. The smallest absolute Gasteiger partial charge is 0.0702 e. The average Bonchev–Trinajstić information content (AvgIpc) is 2.31. The predicted molar refractivity (Wildman–Crippen MR) is 83.3 cm³/mol. The molecular formula is C14H17ClINO. The first-order valence-electron chi connectivity index (χ1n) is 6.52. The summed E-state index contributed by atoms with van der Waals surface area (Å²) in [4.78, 5) is 0. The lowest BCUT2D eigenvalue weighted by Crippen LogP contribution is -2.49. The van der Waals surface area contributed by atoms with Crippen LogP contribution in [-0.4, -0.2) is 18.2 Å². The van der Waals surface area contributed by atoms with Crippen molar-refractivity contribution in [2.45, 2.75) is 43.7 Å². The van der Waals surface area contributed by atoms with Gasteiger partial charge in [0, 0.05) is 26.9 Å². The summed E-state index contributed by atoms with van der Waals surface area (Å²) in [5.74, 6) is 0. The zero-order chi connectivity index (χ0) is 12.6. The summed E-state index contributed by atoms with van der Waals surface area (Å²) < 4.78 is 7.14. The van der Waals surface area contributed by atoms with Crippen LogP contribution in [0.2, 0.25) is 5.02 Å². The van der Waals surface area contributed by atoms with Crippen LogP contribution in [0.1, 0.15) is 32.1 Å². The molecule has 98 valence electrons. The van der Waals surface area contributed by atoms with E-state index in [-0.39, 0.29) is 5.60 Å². The van der Waals surface area contributed by atoms with Gasteiger partial charge in [-0.25, -0.2) is 0 Å². The highest BCUT2D eigenvalue weighted by Crippen LogP contribution is 2.43. The number of benzene rings is 1. The highest BCUT2D eigenvalue weighted by molar-refractivity contribution is 14.1. The van der Waals surface area contributed by atoms with Crippen molar-refractivity contribution in [2.24, 2.45) is 0 Å². The summed E-state index contributed by atoms with van der Waals surface area (Å²) in [7, 11) is 0. The molecule has 1 aromatic carbocycles. The van der Waals surface area contributed by atoms with E-state index in [1.165, 1.54) is 28.5 Å². The van der Waals surface area contributed by atoms with Crippen LogP contribution in [0.4, 0.5) is 5.69 Å². The fraction of sp³-hybridized carbons (Fsp3) is 0.571. The van der Waals surface area contributed by atoms with Gasteiger partial charge in [0.25, 0.3) is 0 Å². The molecule has 0 radical (unpaired) electrons. The van der Waals surface area contributed by atoms with E-state index >= 15 is 0 Å². The van der Waals surface area contributed by atoms with E-state index in [0.29, 0.717) is 6.04 Å². The summed E-state index contributed by atoms with van der Waals surface area (Å²) in [6.45, 7) is 0.891. The van der Waals surface area contributed by atoms with Gasteiger partial charge in [-0.1, -0.05) is 11.6 Å². The van der Waals surface area contributed by atoms with E-state index < -0.39 is 0 Å². The Bertz CT molecular complexity index is 447. The minimum Gasteiger partial charge on any atom is -0.381 e. The second-order valence-electron chi connectivity index (χ2n) is 5.34. The lowest BCUT2D eigenvalue weighted by atomic mass is 9.74. The fourth-order valence-corrected chi connectivity index (χ4v) is 3.92. The molecule has 1 spiro atoms. The molecule has 4 heteroatoms. The summed E-state index contributed by atoms with van der Waals surface area (Å²) in [6.07, 6.45) is 6.04. The van der Waals surface area contributed by atoms with E-state index in [1.54, 1.807) is 0 Å². The van der Waals surface area contributed by atoms with Crippen LogP contribution >= 0.6 is 34.2 Å². The molecule has 1 aliphatic heterocycles. The molecule has 0 bridgehead atoms. The first-order valence-corrected chi connectivity index (χ1v) is 7.98. The van der Waals surface area contributed by atoms with Gasteiger partial charge in [0.15, 0.2) is 0 Å². The van der Waals surface area contributed by atoms with Crippen LogP contribution in [0.15, 0.2) is 18.2 Å². The van der Waals surface area contributed by atoms with Crippen molar-refractivity contribution < 1.29 is 4.74 Å². The second-order valence-corrected chi connectivity index (χ2v) is 6.94. The number of hydrogen-bond acceptors (Lipinski definition) is 2. The SMILES string of the molecule is Clc1ccc(NC2CCOC3(CCC3)C2)c(I)c1. The third kappa shape index (κ3) is 2.63. The molecule has 18 heavy (non-hydrogen) atoms. The van der Waals surface area contributed by atoms with E-state index in [2.05, 4.69) is 34.0 Å². The van der Waals surface area contributed by atoms with E-state index in [0.717, 1.165) is 24.5 Å². The molecule has 1 saturated heterocycles. The fourth-order valence-electron chi connectivity index (χ4n) is 2.90. The lowest BCUT2D eigenvalue weighted by Gasteiger charge is -2.47. The Kier molecular flexibility index (Phi) is 3.74. The summed E-state index contributed by atoms with van der Waals surface area (Å²) >= 11 is 8.32. The molecule has 1 N–H and O–H groups in total. The molecule has 2 nitrogen and oxygen atoms in total. The number of ether oxygens (including phenoxy) is 1. The van der Waals surface area contributed by atoms with Gasteiger partial charge < -0.3 is 10.1 Å². The molecular weight excluding hydrogens is 361 g/mol. The van der Waals surface area contributed by atoms with Crippen molar-refractivity contribution in [2.75, 3.05) is 11.9 Å². The van der Waals surface area contributed by atoms with Crippen molar-refractivity contribution in [1.82, 2.24) is 0 Å². The summed E-state index contributed by atoms with van der Waals surface area (Å²) in [5, 5.41) is 4.45. The maximum Gasteiger partial charge on any atom is 0.0702 e. The summed E-state index contributed by atoms with van der Waals surface area (Å²) in [5.41, 5.74) is 1.40. The molecule has 1 aliphatic carbocycles. The van der Waals surface area contributed by atoms with Gasteiger partial charge in [-0.05, 0) is 72.9 Å². The van der Waals surface area contributed by atoms with Gasteiger partial charge in [-0.2, -0.15) is 0 Å². The molecule has 2 aliphatic rings. The number of nitrogens with one attached hydrogen (secondary N) is 1. The maximum absolute atomic E-state index is 5.98. The number of anilines is 1. The molecule has 0 aromatic heterocycles. The topological polar surface area (TPSA) is 21.3 Å². The second kappa shape index (κ2) is 5.17. The van der Waals surface area contributed by atoms with Gasteiger partial charge >= 0.3 is 0 Å². The third-order valence-electron chi connectivity index (χ3n) is 4.05. The zero-order valence-corrected chi connectivity index (χ0v) is 13.1. The Balaban J connectivity index is 1.68. The van der Waals surface area contributed by atoms with Crippen LogP contribution in [0.3, 0.4) is 0 Å². The van der Waals surface area contributed by atoms with Crippen molar-refractivity contribution >= 4 is 39.9 Å². The lowest BCUT2D eigenvalue weighted by molar-refractivity contribution is -0.130. The monoisotopic (exact) mass is 377 g/mol. The minimum absolute atomic E-state index is 0.202. The summed E-state index contributed by atoms with van der Waals surface area (Å²) in [6, 6.07) is 6.56. The largest absolute Gasteiger partial charge is 0.381 e. The Morgan fingerprint density at radius 2 is 2.22 bits per heavy atom. The third-order valence-corrected chi connectivity index (χ3v) is 5.18. The van der Waals surface area contributed by atoms with Gasteiger partial charge in [-0.15, -0.1) is 0 Å². The van der Waals surface area contributed by atoms with Crippen molar-refractivity contribution in [3.63, 3.8) is 0 Å². The van der Waals surface area contributed by atoms with Crippen LogP contribution in [0, 0.1) is 3.57 Å². The Morgan fingerprint density at radius 3 is 2.89 bits per heavy atom. The average molecular weight is 378 g/mol. The zero-order valence-electron chi connectivity index (χ0n) is 10.2. The van der Waals surface area contributed by atoms with Crippen molar-refractivity contribution in [3.05, 3.63) is 26.8 Å². The predicted octanol–water partition coefficient (Wildman–Crippen LogP) is 4.46. The van der Waals surface area contributed by atoms with Crippen LogP contribution in [-0.2, 0) is 4.74 Å². The van der Waals surface area contributed by atoms with Gasteiger partial charge in [-0.3, -0.25) is 0 Å². The maximum atomic E-state index is 5.98. The number of rotatable bonds is 2. The van der Waals surface area contributed by atoms with Crippen molar-refractivity contribution in [1.29, 1.82) is 0 Å². The number of halogens is 2. The van der Waals surface area contributed by atoms with Crippen LogP contribution in [0.5, 0.6) is 0 Å². The first kappa shape index (κ1) is 13.0. The highest BCUT2D eigenvalue weighted by atomic mass is 127. The Labute approximate surface area is 127 Å². The van der Waals surface area contributed by atoms with Gasteiger partial charge in [0.2, 0.25) is 0 Å². The molecule has 1 aromatic rings. The quantitative estimate of drug-likeness (QED) is 0.769.